The molecule has 1 fully saturated rings. The fourth-order valence-corrected chi connectivity index (χ4v) is 4.54. The summed E-state index contributed by atoms with van der Waals surface area (Å²) >= 11 is 0. The van der Waals surface area contributed by atoms with E-state index in [-0.39, 0.29) is 17.8 Å². The van der Waals surface area contributed by atoms with E-state index in [9.17, 15) is 14.0 Å². The standard InChI is InChI=1S/C30H42FN3O4/c1-4-6-7-8-9-16-32-30(36)33(3)25-14-15-27(31)26(22-25)24-12-10-23(11-13-24)21-28(38-5-2)29(35)34-17-19-37-20-18-34/h10-15,22,28H,4-9,16-21H2,1-3H3,(H,32,36). The molecule has 1 aliphatic rings. The Morgan fingerprint density at radius 1 is 1.05 bits per heavy atom. The van der Waals surface area contributed by atoms with E-state index in [0.717, 1.165) is 18.4 Å². The number of urea groups is 1. The van der Waals surface area contributed by atoms with Crippen molar-refractivity contribution in [1.82, 2.24) is 10.2 Å². The summed E-state index contributed by atoms with van der Waals surface area (Å²) in [7, 11) is 1.69. The number of carbonyl (C=O) groups is 2. The van der Waals surface area contributed by atoms with E-state index in [2.05, 4.69) is 12.2 Å². The number of amides is 3. The Morgan fingerprint density at radius 2 is 1.76 bits per heavy atom. The third-order valence-electron chi connectivity index (χ3n) is 6.85. The van der Waals surface area contributed by atoms with Crippen molar-refractivity contribution in [2.24, 2.45) is 0 Å². The predicted octanol–water partition coefficient (Wildman–Crippen LogP) is 5.42. The molecule has 1 aliphatic heterocycles. The molecule has 3 rings (SSSR count). The highest BCUT2D eigenvalue weighted by atomic mass is 19.1. The average Bonchev–Trinajstić information content (AvgIpc) is 2.95. The van der Waals surface area contributed by atoms with Crippen LogP contribution in [-0.2, 0) is 20.7 Å². The van der Waals surface area contributed by atoms with Gasteiger partial charge in [-0.3, -0.25) is 9.69 Å². The molecule has 7 nitrogen and oxygen atoms in total. The van der Waals surface area contributed by atoms with Gasteiger partial charge in [-0.25, -0.2) is 9.18 Å². The largest absolute Gasteiger partial charge is 0.378 e. The van der Waals surface area contributed by atoms with Gasteiger partial charge in [-0.2, -0.15) is 0 Å². The van der Waals surface area contributed by atoms with Crippen molar-refractivity contribution < 1.29 is 23.5 Å². The number of halogens is 1. The molecular formula is C30H42FN3O4. The molecule has 1 saturated heterocycles. The normalized spacial score (nSPS) is 14.3. The molecule has 1 unspecified atom stereocenters. The first-order valence-corrected chi connectivity index (χ1v) is 13.8. The Morgan fingerprint density at radius 3 is 2.45 bits per heavy atom. The van der Waals surface area contributed by atoms with Crippen molar-refractivity contribution in [2.75, 3.05) is 51.4 Å². The van der Waals surface area contributed by atoms with Gasteiger partial charge in [0.2, 0.25) is 0 Å². The Labute approximate surface area is 226 Å². The topological polar surface area (TPSA) is 71.1 Å². The van der Waals surface area contributed by atoms with Crippen LogP contribution in [0.3, 0.4) is 0 Å². The lowest BCUT2D eigenvalue weighted by molar-refractivity contribution is -0.147. The molecule has 1 atom stereocenters. The molecular weight excluding hydrogens is 485 g/mol. The van der Waals surface area contributed by atoms with Crippen LogP contribution < -0.4 is 10.2 Å². The fourth-order valence-electron chi connectivity index (χ4n) is 4.54. The highest BCUT2D eigenvalue weighted by Gasteiger charge is 2.26. The quantitative estimate of drug-likeness (QED) is 0.354. The Kier molecular flexibility index (Phi) is 12.0. The number of benzene rings is 2. The first-order chi connectivity index (χ1) is 18.4. The van der Waals surface area contributed by atoms with Gasteiger partial charge in [0.05, 0.1) is 13.2 Å². The molecule has 38 heavy (non-hydrogen) atoms. The number of hydrogen-bond donors (Lipinski definition) is 1. The minimum Gasteiger partial charge on any atom is -0.378 e. The summed E-state index contributed by atoms with van der Waals surface area (Å²) in [6.45, 7) is 7.35. The van der Waals surface area contributed by atoms with Crippen molar-refractivity contribution >= 4 is 17.6 Å². The summed E-state index contributed by atoms with van der Waals surface area (Å²) in [5, 5.41) is 2.94. The van der Waals surface area contributed by atoms with Crippen molar-refractivity contribution in [1.29, 1.82) is 0 Å². The number of anilines is 1. The summed E-state index contributed by atoms with van der Waals surface area (Å²) in [5.41, 5.74) is 2.66. The molecule has 0 bridgehead atoms. The van der Waals surface area contributed by atoms with Gasteiger partial charge in [-0.1, -0.05) is 56.9 Å². The van der Waals surface area contributed by atoms with Gasteiger partial charge in [0.15, 0.2) is 0 Å². The Bertz CT molecular complexity index is 1020. The van der Waals surface area contributed by atoms with Gasteiger partial charge in [0, 0.05) is 51.0 Å². The molecule has 0 saturated carbocycles. The molecule has 0 aliphatic carbocycles. The zero-order chi connectivity index (χ0) is 27.3. The van der Waals surface area contributed by atoms with Gasteiger partial charge in [0.1, 0.15) is 11.9 Å². The number of hydrogen-bond acceptors (Lipinski definition) is 4. The van der Waals surface area contributed by atoms with Crippen LogP contribution in [0.4, 0.5) is 14.9 Å². The van der Waals surface area contributed by atoms with Crippen LogP contribution in [0.1, 0.15) is 51.5 Å². The van der Waals surface area contributed by atoms with Crippen LogP contribution in [0.2, 0.25) is 0 Å². The number of nitrogens with zero attached hydrogens (tertiary/aromatic N) is 2. The third-order valence-corrected chi connectivity index (χ3v) is 6.85. The van der Waals surface area contributed by atoms with Gasteiger partial charge >= 0.3 is 6.03 Å². The van der Waals surface area contributed by atoms with Crippen molar-refractivity contribution in [3.05, 3.63) is 53.8 Å². The minimum atomic E-state index is -0.567. The second-order valence-corrected chi connectivity index (χ2v) is 9.65. The Balaban J connectivity index is 1.64. The lowest BCUT2D eigenvalue weighted by atomic mass is 10.00. The van der Waals surface area contributed by atoms with E-state index >= 15 is 0 Å². The van der Waals surface area contributed by atoms with Crippen molar-refractivity contribution in [3.63, 3.8) is 0 Å². The van der Waals surface area contributed by atoms with E-state index < -0.39 is 6.10 Å². The summed E-state index contributed by atoms with van der Waals surface area (Å²) in [6.07, 6.45) is 5.50. The number of rotatable bonds is 13. The molecule has 1 N–H and O–H groups in total. The molecule has 8 heteroatoms. The van der Waals surface area contributed by atoms with E-state index in [1.165, 1.54) is 30.2 Å². The molecule has 208 valence electrons. The average molecular weight is 528 g/mol. The zero-order valence-corrected chi connectivity index (χ0v) is 23.0. The van der Waals surface area contributed by atoms with Gasteiger partial charge in [-0.05, 0) is 42.7 Å². The van der Waals surface area contributed by atoms with Crippen LogP contribution >= 0.6 is 0 Å². The monoisotopic (exact) mass is 527 g/mol. The first kappa shape index (κ1) is 29.6. The highest BCUT2D eigenvalue weighted by molar-refractivity contribution is 5.92. The van der Waals surface area contributed by atoms with Crippen LogP contribution in [0.15, 0.2) is 42.5 Å². The maximum atomic E-state index is 14.8. The molecule has 2 aromatic carbocycles. The zero-order valence-electron chi connectivity index (χ0n) is 23.0. The van der Waals surface area contributed by atoms with Crippen molar-refractivity contribution in [3.8, 4) is 11.1 Å². The van der Waals surface area contributed by atoms with Gasteiger partial charge in [0.25, 0.3) is 5.91 Å². The van der Waals surface area contributed by atoms with Gasteiger partial charge in [-0.15, -0.1) is 0 Å². The smallest absolute Gasteiger partial charge is 0.321 e. The second-order valence-electron chi connectivity index (χ2n) is 9.65. The molecule has 3 amide bonds. The van der Waals surface area contributed by atoms with E-state index in [0.29, 0.717) is 62.7 Å². The van der Waals surface area contributed by atoms with E-state index in [4.69, 9.17) is 9.47 Å². The predicted molar refractivity (Wildman–Crippen MR) is 149 cm³/mol. The SMILES string of the molecule is CCCCCCCNC(=O)N(C)c1ccc(F)c(-c2ccc(CC(OCC)C(=O)N3CCOCC3)cc2)c1. The highest BCUT2D eigenvalue weighted by Crippen LogP contribution is 2.28. The number of morpholine rings is 1. The summed E-state index contributed by atoms with van der Waals surface area (Å²) < 4.78 is 25.9. The number of carbonyl (C=O) groups excluding carboxylic acids is 2. The molecule has 0 radical (unpaired) electrons. The number of nitrogens with one attached hydrogen (secondary N) is 1. The minimum absolute atomic E-state index is 0.0276. The molecule has 0 spiro atoms. The lowest BCUT2D eigenvalue weighted by Gasteiger charge is -2.30. The number of unbranched alkanes of at least 4 members (excludes halogenated alkanes) is 4. The molecule has 2 aromatic rings. The summed E-state index contributed by atoms with van der Waals surface area (Å²) in [4.78, 5) is 28.9. The first-order valence-electron chi connectivity index (χ1n) is 13.8. The van der Waals surface area contributed by atoms with Gasteiger partial charge < -0.3 is 19.7 Å². The third kappa shape index (κ3) is 8.53. The fraction of sp³-hybridized carbons (Fsp3) is 0.533. The van der Waals surface area contributed by atoms with Crippen LogP contribution in [0.25, 0.3) is 11.1 Å². The summed E-state index contributed by atoms with van der Waals surface area (Å²) in [6, 6.07) is 12.0. The van der Waals surface area contributed by atoms with E-state index in [1.807, 2.05) is 31.2 Å². The van der Waals surface area contributed by atoms with E-state index in [1.54, 1.807) is 24.1 Å². The lowest BCUT2D eigenvalue weighted by Crippen LogP contribution is -2.47. The summed E-state index contributed by atoms with van der Waals surface area (Å²) in [5.74, 6) is -0.388. The van der Waals surface area contributed by atoms with Crippen LogP contribution in [0.5, 0.6) is 0 Å². The van der Waals surface area contributed by atoms with Crippen molar-refractivity contribution in [2.45, 2.75) is 58.5 Å². The maximum Gasteiger partial charge on any atom is 0.321 e. The molecule has 0 aromatic heterocycles. The maximum absolute atomic E-state index is 14.8. The van der Waals surface area contributed by atoms with Crippen LogP contribution in [-0.4, -0.2) is 69.4 Å². The Hall–Kier alpha value is -2.97. The molecule has 1 heterocycles. The van der Waals surface area contributed by atoms with Crippen LogP contribution in [0, 0.1) is 5.82 Å². The number of ether oxygens (including phenoxy) is 2. The second kappa shape index (κ2) is 15.4.